The van der Waals surface area contributed by atoms with Crippen LogP contribution >= 0.6 is 0 Å². The van der Waals surface area contributed by atoms with Crippen LogP contribution in [0.1, 0.15) is 38.5 Å². The van der Waals surface area contributed by atoms with E-state index in [1.807, 2.05) is 0 Å². The van der Waals surface area contributed by atoms with Gasteiger partial charge in [0, 0.05) is 31.3 Å². The van der Waals surface area contributed by atoms with Crippen LogP contribution in [0.25, 0.3) is 0 Å². The van der Waals surface area contributed by atoms with Crippen molar-refractivity contribution in [3.8, 4) is 0 Å². The molecular weight excluding hydrogens is 333 g/mol. The highest BCUT2D eigenvalue weighted by molar-refractivity contribution is 5.46. The molecule has 0 aromatic heterocycles. The number of nitrogens with zero attached hydrogens (tertiary/aromatic N) is 1. The Morgan fingerprint density at radius 2 is 1.76 bits per heavy atom. The molecule has 1 aromatic rings. The van der Waals surface area contributed by atoms with Crippen LogP contribution in [0.2, 0.25) is 0 Å². The van der Waals surface area contributed by atoms with Crippen molar-refractivity contribution in [3.05, 3.63) is 29.6 Å². The molecule has 1 fully saturated rings. The number of rotatable bonds is 9. The normalized spacial score (nSPS) is 21.5. The fraction of sp³-hybridized carbons (Fsp3) is 0.667. The summed E-state index contributed by atoms with van der Waals surface area (Å²) in [7, 11) is 0. The number of likely N-dealkylation sites (tertiary alicyclic amines) is 1. The van der Waals surface area contributed by atoms with Crippen molar-refractivity contribution in [2.24, 2.45) is 0 Å². The van der Waals surface area contributed by atoms with Crippen molar-refractivity contribution in [2.45, 2.75) is 50.7 Å². The summed E-state index contributed by atoms with van der Waals surface area (Å²) in [4.78, 5) is 2.22. The van der Waals surface area contributed by atoms with Crippen LogP contribution < -0.4 is 5.32 Å². The molecule has 0 unspecified atom stereocenters. The zero-order valence-corrected chi connectivity index (χ0v) is 14.4. The maximum atomic E-state index is 13.5. The minimum atomic E-state index is -0.924. The average molecular weight is 360 g/mol. The van der Waals surface area contributed by atoms with E-state index in [-0.39, 0.29) is 24.4 Å². The third-order valence-electron chi connectivity index (χ3n) is 4.70. The third-order valence-corrected chi connectivity index (χ3v) is 4.70. The zero-order valence-electron chi connectivity index (χ0n) is 14.4. The summed E-state index contributed by atoms with van der Waals surface area (Å²) >= 11 is 0. The molecule has 0 saturated carbocycles. The minimum absolute atomic E-state index is 0.0369. The van der Waals surface area contributed by atoms with E-state index in [0.29, 0.717) is 25.1 Å². The first-order valence-corrected chi connectivity index (χ1v) is 8.92. The van der Waals surface area contributed by atoms with Crippen molar-refractivity contribution in [1.82, 2.24) is 4.90 Å². The molecule has 1 saturated heterocycles. The Bertz CT molecular complexity index is 522. The van der Waals surface area contributed by atoms with E-state index in [2.05, 4.69) is 10.2 Å². The molecule has 1 aliphatic heterocycles. The van der Waals surface area contributed by atoms with E-state index in [1.165, 1.54) is 0 Å². The van der Waals surface area contributed by atoms with Gasteiger partial charge in [-0.15, -0.1) is 0 Å². The van der Waals surface area contributed by atoms with E-state index >= 15 is 0 Å². The van der Waals surface area contributed by atoms with Gasteiger partial charge in [-0.05, 0) is 32.2 Å². The van der Waals surface area contributed by atoms with Gasteiger partial charge >= 0.3 is 0 Å². The molecule has 1 aliphatic rings. The summed E-state index contributed by atoms with van der Waals surface area (Å²) < 4.78 is 39.7. The summed E-state index contributed by atoms with van der Waals surface area (Å²) in [6, 6.07) is 1.37. The molecule has 0 bridgehead atoms. The second-order valence-corrected chi connectivity index (χ2v) is 6.64. The van der Waals surface area contributed by atoms with Gasteiger partial charge in [0.2, 0.25) is 0 Å². The van der Waals surface area contributed by atoms with Crippen molar-refractivity contribution in [3.63, 3.8) is 0 Å². The SMILES string of the molecule is OC[C@@H]1C[C@H](O)CCN1CCCCCCNc1c(F)cc(F)cc1F. The van der Waals surface area contributed by atoms with Gasteiger partial charge in [0.25, 0.3) is 0 Å². The fourth-order valence-electron chi connectivity index (χ4n) is 3.28. The lowest BCUT2D eigenvalue weighted by atomic mass is 9.99. The van der Waals surface area contributed by atoms with E-state index in [1.54, 1.807) is 0 Å². The maximum Gasteiger partial charge on any atom is 0.152 e. The summed E-state index contributed by atoms with van der Waals surface area (Å²) in [6.45, 7) is 2.17. The number of aliphatic hydroxyl groups excluding tert-OH is 2. The van der Waals surface area contributed by atoms with Crippen LogP contribution in [0.15, 0.2) is 12.1 Å². The minimum Gasteiger partial charge on any atom is -0.395 e. The number of aliphatic hydroxyl groups is 2. The predicted octanol–water partition coefficient (Wildman–Crippen LogP) is 2.89. The lowest BCUT2D eigenvalue weighted by Crippen LogP contribution is -2.46. The summed E-state index contributed by atoms with van der Waals surface area (Å²) in [5.41, 5.74) is -0.279. The summed E-state index contributed by atoms with van der Waals surface area (Å²) in [5.74, 6) is -2.76. The molecular formula is C18H27F3N2O2. The monoisotopic (exact) mass is 360 g/mol. The van der Waals surface area contributed by atoms with E-state index in [4.69, 9.17) is 0 Å². The molecule has 2 atom stereocenters. The number of unbranched alkanes of at least 4 members (excludes halogenated alkanes) is 3. The number of hydrogen-bond acceptors (Lipinski definition) is 4. The molecule has 0 radical (unpaired) electrons. The van der Waals surface area contributed by atoms with Crippen molar-refractivity contribution < 1.29 is 23.4 Å². The largest absolute Gasteiger partial charge is 0.395 e. The Morgan fingerprint density at radius 3 is 2.44 bits per heavy atom. The average Bonchev–Trinajstić information content (AvgIpc) is 2.56. The van der Waals surface area contributed by atoms with Gasteiger partial charge in [0.15, 0.2) is 11.6 Å². The molecule has 4 nitrogen and oxygen atoms in total. The van der Waals surface area contributed by atoms with Gasteiger partial charge in [-0.3, -0.25) is 4.90 Å². The van der Waals surface area contributed by atoms with Gasteiger partial charge in [-0.2, -0.15) is 0 Å². The molecule has 7 heteroatoms. The van der Waals surface area contributed by atoms with Crippen molar-refractivity contribution in [1.29, 1.82) is 0 Å². The first kappa shape index (κ1) is 20.0. The predicted molar refractivity (Wildman–Crippen MR) is 91.0 cm³/mol. The van der Waals surface area contributed by atoms with Crippen LogP contribution in [-0.2, 0) is 0 Å². The van der Waals surface area contributed by atoms with E-state index in [0.717, 1.165) is 45.2 Å². The Labute approximate surface area is 146 Å². The van der Waals surface area contributed by atoms with E-state index in [9.17, 15) is 23.4 Å². The van der Waals surface area contributed by atoms with Crippen LogP contribution in [0.4, 0.5) is 18.9 Å². The second kappa shape index (κ2) is 9.99. The molecule has 1 heterocycles. The topological polar surface area (TPSA) is 55.7 Å². The molecule has 25 heavy (non-hydrogen) atoms. The summed E-state index contributed by atoms with van der Waals surface area (Å²) in [6.07, 6.45) is 4.69. The molecule has 1 aromatic carbocycles. The van der Waals surface area contributed by atoms with Gasteiger partial charge < -0.3 is 15.5 Å². The summed E-state index contributed by atoms with van der Waals surface area (Å²) in [5, 5.41) is 21.7. The Kier molecular flexibility index (Phi) is 7.99. The smallest absolute Gasteiger partial charge is 0.152 e. The Morgan fingerprint density at radius 1 is 1.08 bits per heavy atom. The van der Waals surface area contributed by atoms with Crippen LogP contribution in [-0.4, -0.2) is 53.5 Å². The fourth-order valence-corrected chi connectivity index (χ4v) is 3.28. The highest BCUT2D eigenvalue weighted by Gasteiger charge is 2.26. The molecule has 0 amide bonds. The second-order valence-electron chi connectivity index (χ2n) is 6.64. The highest BCUT2D eigenvalue weighted by Crippen LogP contribution is 2.21. The van der Waals surface area contributed by atoms with Crippen molar-refractivity contribution in [2.75, 3.05) is 31.6 Å². The molecule has 2 rings (SSSR count). The molecule has 3 N–H and O–H groups in total. The zero-order chi connectivity index (χ0) is 18.2. The van der Waals surface area contributed by atoms with Crippen molar-refractivity contribution >= 4 is 5.69 Å². The molecule has 0 spiro atoms. The third kappa shape index (κ3) is 6.17. The number of nitrogens with one attached hydrogen (secondary N) is 1. The van der Waals surface area contributed by atoms with Gasteiger partial charge in [0.1, 0.15) is 11.5 Å². The lowest BCUT2D eigenvalue weighted by Gasteiger charge is -2.36. The quantitative estimate of drug-likeness (QED) is 0.593. The molecule has 142 valence electrons. The van der Waals surface area contributed by atoms with Gasteiger partial charge in [0.05, 0.1) is 12.7 Å². The standard InChI is InChI=1S/C18H27F3N2O2/c19-13-9-16(20)18(17(21)10-13)22-6-3-1-2-4-7-23-8-5-15(25)11-14(23)12-24/h9-10,14-15,22,24-25H,1-8,11-12H2/t14-,15+/m0/s1. The van der Waals surface area contributed by atoms with Gasteiger partial charge in [-0.25, -0.2) is 13.2 Å². The number of anilines is 1. The number of benzene rings is 1. The first-order chi connectivity index (χ1) is 12.0. The van der Waals surface area contributed by atoms with Crippen LogP contribution in [0, 0.1) is 17.5 Å². The lowest BCUT2D eigenvalue weighted by molar-refractivity contribution is 0.0163. The number of piperidine rings is 1. The Hall–Kier alpha value is -1.31. The maximum absolute atomic E-state index is 13.5. The number of halogens is 3. The number of hydrogen-bond donors (Lipinski definition) is 3. The highest BCUT2D eigenvalue weighted by atomic mass is 19.1. The van der Waals surface area contributed by atoms with Gasteiger partial charge in [-0.1, -0.05) is 12.8 Å². The Balaban J connectivity index is 1.59. The van der Waals surface area contributed by atoms with Crippen LogP contribution in [0.5, 0.6) is 0 Å². The molecule has 0 aliphatic carbocycles. The van der Waals surface area contributed by atoms with E-state index < -0.39 is 17.5 Å². The first-order valence-electron chi connectivity index (χ1n) is 8.92. The van der Waals surface area contributed by atoms with Crippen LogP contribution in [0.3, 0.4) is 0 Å².